The van der Waals surface area contributed by atoms with Gasteiger partial charge in [-0.05, 0) is 12.1 Å². The van der Waals surface area contributed by atoms with E-state index in [0.717, 1.165) is 13.1 Å². The van der Waals surface area contributed by atoms with E-state index in [1.54, 1.807) is 6.07 Å². The molecule has 2 aliphatic rings. The first-order valence-electron chi connectivity index (χ1n) is 12.2. The molecular formula is C23H28FN7O7. The number of hydrogen-bond acceptors (Lipinski definition) is 12. The molecule has 2 saturated heterocycles. The Bertz CT molecular complexity index is 1230. The van der Waals surface area contributed by atoms with Crippen LogP contribution in [0.5, 0.6) is 0 Å². The molecule has 5 rings (SSSR count). The third-order valence-electron chi connectivity index (χ3n) is 6.52. The van der Waals surface area contributed by atoms with Crippen LogP contribution in [0.1, 0.15) is 28.7 Å². The van der Waals surface area contributed by atoms with Crippen molar-refractivity contribution in [2.45, 2.75) is 30.5 Å². The molecule has 2 aliphatic heterocycles. The molecule has 15 heteroatoms. The van der Waals surface area contributed by atoms with Gasteiger partial charge in [-0.2, -0.15) is 0 Å². The lowest BCUT2D eigenvalue weighted by atomic mass is 9.92. The van der Waals surface area contributed by atoms with Gasteiger partial charge in [-0.15, -0.1) is 15.3 Å². The van der Waals surface area contributed by atoms with Crippen molar-refractivity contribution in [2.24, 2.45) is 0 Å². The van der Waals surface area contributed by atoms with Crippen LogP contribution in [0, 0.1) is 5.82 Å². The number of halogens is 1. The molecule has 2 fully saturated rings. The minimum Gasteiger partial charge on any atom is -0.414 e. The topological polar surface area (TPSA) is 181 Å². The lowest BCUT2D eigenvalue weighted by Gasteiger charge is -2.40. The molecular weight excluding hydrogens is 505 g/mol. The van der Waals surface area contributed by atoms with Crippen molar-refractivity contribution >= 4 is 5.91 Å². The van der Waals surface area contributed by atoms with Gasteiger partial charge in [0.25, 0.3) is 0 Å². The van der Waals surface area contributed by atoms with Crippen molar-refractivity contribution in [3.8, 4) is 11.3 Å². The van der Waals surface area contributed by atoms with Crippen LogP contribution in [-0.4, -0.2) is 116 Å². The van der Waals surface area contributed by atoms with E-state index in [1.807, 2.05) is 0 Å². The summed E-state index contributed by atoms with van der Waals surface area (Å²) in [5.41, 5.74) is 0.755. The van der Waals surface area contributed by atoms with E-state index in [1.165, 1.54) is 29.1 Å². The fraction of sp³-hybridized carbons (Fsp3) is 0.522. The number of ether oxygens (including phenoxy) is 2. The Morgan fingerprint density at radius 3 is 2.74 bits per heavy atom. The molecule has 0 saturated carbocycles. The SMILES string of the molecule is O=C(NCCN1CCOCC1)c1nnc([C@@H]2O[C@H](CO)[C@H](O)[C@H](n3cc(-c4cccc(F)c4)nn3)[C@H]2O)o1. The Morgan fingerprint density at radius 1 is 1.16 bits per heavy atom. The predicted octanol–water partition coefficient (Wildman–Crippen LogP) is -1.08. The summed E-state index contributed by atoms with van der Waals surface area (Å²) in [5, 5.41) is 50.0. The molecule has 4 heterocycles. The zero-order chi connectivity index (χ0) is 26.6. The number of benzene rings is 1. The van der Waals surface area contributed by atoms with Crippen LogP contribution in [0.25, 0.3) is 11.3 Å². The monoisotopic (exact) mass is 533 g/mol. The molecule has 1 aromatic carbocycles. The van der Waals surface area contributed by atoms with Gasteiger partial charge in [-0.25, -0.2) is 9.07 Å². The lowest BCUT2D eigenvalue weighted by molar-refractivity contribution is -0.213. The fourth-order valence-electron chi connectivity index (χ4n) is 4.49. The second kappa shape index (κ2) is 11.6. The molecule has 0 radical (unpaired) electrons. The van der Waals surface area contributed by atoms with Crippen molar-refractivity contribution < 1.29 is 38.4 Å². The van der Waals surface area contributed by atoms with Crippen LogP contribution in [-0.2, 0) is 9.47 Å². The molecule has 1 amide bonds. The van der Waals surface area contributed by atoms with Crippen LogP contribution >= 0.6 is 0 Å². The van der Waals surface area contributed by atoms with Crippen LogP contribution in [0.4, 0.5) is 4.39 Å². The molecule has 0 spiro atoms. The molecule has 204 valence electrons. The molecule has 5 atom stereocenters. The average Bonchev–Trinajstić information content (AvgIpc) is 3.60. The van der Waals surface area contributed by atoms with E-state index in [-0.39, 0.29) is 11.8 Å². The van der Waals surface area contributed by atoms with E-state index < -0.39 is 48.8 Å². The quantitative estimate of drug-likeness (QED) is 0.276. The Hall–Kier alpha value is -3.34. The first kappa shape index (κ1) is 26.3. The lowest BCUT2D eigenvalue weighted by Crippen LogP contribution is -2.52. The second-order valence-electron chi connectivity index (χ2n) is 9.00. The highest BCUT2D eigenvalue weighted by atomic mass is 19.1. The number of aliphatic hydroxyl groups is 3. The summed E-state index contributed by atoms with van der Waals surface area (Å²) in [4.78, 5) is 14.7. The number of carbonyl (C=O) groups is 1. The van der Waals surface area contributed by atoms with Crippen molar-refractivity contribution in [3.63, 3.8) is 0 Å². The Morgan fingerprint density at radius 2 is 1.97 bits per heavy atom. The van der Waals surface area contributed by atoms with Crippen molar-refractivity contribution in [1.29, 1.82) is 0 Å². The smallest absolute Gasteiger partial charge is 0.308 e. The van der Waals surface area contributed by atoms with Gasteiger partial charge in [0.2, 0.25) is 5.89 Å². The normalized spacial score (nSPS) is 26.4. The number of aliphatic hydroxyl groups excluding tert-OH is 3. The number of rotatable bonds is 8. The average molecular weight is 534 g/mol. The summed E-state index contributed by atoms with van der Waals surface area (Å²) < 4.78 is 31.3. The Kier molecular flexibility index (Phi) is 8.01. The number of carbonyl (C=O) groups excluding carboxylic acids is 1. The maximum absolute atomic E-state index is 13.6. The summed E-state index contributed by atoms with van der Waals surface area (Å²) in [7, 11) is 0. The van der Waals surface area contributed by atoms with Gasteiger partial charge in [0, 0.05) is 31.7 Å². The number of nitrogens with one attached hydrogen (secondary N) is 1. The molecule has 0 unspecified atom stereocenters. The van der Waals surface area contributed by atoms with Crippen LogP contribution in [0.3, 0.4) is 0 Å². The molecule has 38 heavy (non-hydrogen) atoms. The Labute approximate surface area is 216 Å². The highest BCUT2D eigenvalue weighted by Gasteiger charge is 2.48. The maximum Gasteiger partial charge on any atom is 0.308 e. The van der Waals surface area contributed by atoms with Gasteiger partial charge in [0.05, 0.1) is 26.0 Å². The molecule has 14 nitrogen and oxygen atoms in total. The summed E-state index contributed by atoms with van der Waals surface area (Å²) in [6, 6.07) is 4.58. The van der Waals surface area contributed by atoms with Crippen molar-refractivity contribution in [2.75, 3.05) is 46.0 Å². The molecule has 3 aromatic rings. The van der Waals surface area contributed by atoms with Crippen molar-refractivity contribution in [3.05, 3.63) is 48.1 Å². The number of nitrogens with zero attached hydrogens (tertiary/aromatic N) is 6. The number of aromatic nitrogens is 5. The zero-order valence-corrected chi connectivity index (χ0v) is 20.3. The van der Waals surface area contributed by atoms with Gasteiger partial charge < -0.3 is 34.5 Å². The van der Waals surface area contributed by atoms with Gasteiger partial charge in [0.15, 0.2) is 6.10 Å². The Balaban J connectivity index is 1.29. The summed E-state index contributed by atoms with van der Waals surface area (Å²) in [6.45, 7) is 3.27. The minimum atomic E-state index is -1.48. The minimum absolute atomic E-state index is 0.211. The summed E-state index contributed by atoms with van der Waals surface area (Å²) in [5.74, 6) is -1.58. The second-order valence-corrected chi connectivity index (χ2v) is 9.00. The van der Waals surface area contributed by atoms with E-state index in [2.05, 4.69) is 30.7 Å². The molecule has 4 N–H and O–H groups in total. The zero-order valence-electron chi connectivity index (χ0n) is 20.3. The van der Waals surface area contributed by atoms with Crippen LogP contribution in [0.15, 0.2) is 34.9 Å². The summed E-state index contributed by atoms with van der Waals surface area (Å²) in [6.07, 6.45) is -3.87. The van der Waals surface area contributed by atoms with E-state index in [0.29, 0.717) is 37.6 Å². The van der Waals surface area contributed by atoms with Gasteiger partial charge in [0.1, 0.15) is 35.9 Å². The standard InChI is InChI=1S/C23H28FN7O7/c24-14-3-1-2-13(10-14)15-11-31(29-26-15)17-18(33)16(12-32)37-20(19(17)34)22-27-28-23(38-22)21(35)25-4-5-30-6-8-36-9-7-30/h1-3,10-11,16-20,32-34H,4-9,12H2,(H,25,35)/t16-,17+,18+,19-,20-/m1/s1. The predicted molar refractivity (Wildman–Crippen MR) is 125 cm³/mol. The van der Waals surface area contributed by atoms with E-state index >= 15 is 0 Å². The number of hydrogen-bond donors (Lipinski definition) is 4. The van der Waals surface area contributed by atoms with E-state index in [4.69, 9.17) is 13.9 Å². The first-order valence-corrected chi connectivity index (χ1v) is 12.2. The van der Waals surface area contributed by atoms with Gasteiger partial charge in [-0.1, -0.05) is 17.3 Å². The molecule has 2 aromatic heterocycles. The molecule has 0 bridgehead atoms. The third-order valence-corrected chi connectivity index (χ3v) is 6.52. The highest BCUT2D eigenvalue weighted by molar-refractivity contribution is 5.89. The number of morpholine rings is 1. The maximum atomic E-state index is 13.6. The third kappa shape index (κ3) is 5.57. The first-order chi connectivity index (χ1) is 18.4. The highest BCUT2D eigenvalue weighted by Crippen LogP contribution is 2.38. The number of amides is 1. The fourth-order valence-corrected chi connectivity index (χ4v) is 4.49. The van der Waals surface area contributed by atoms with Crippen LogP contribution < -0.4 is 5.32 Å². The van der Waals surface area contributed by atoms with Gasteiger partial charge in [-0.3, -0.25) is 9.69 Å². The van der Waals surface area contributed by atoms with Gasteiger partial charge >= 0.3 is 11.8 Å². The van der Waals surface area contributed by atoms with Crippen molar-refractivity contribution in [1.82, 2.24) is 35.4 Å². The summed E-state index contributed by atoms with van der Waals surface area (Å²) >= 11 is 0. The largest absolute Gasteiger partial charge is 0.414 e. The van der Waals surface area contributed by atoms with E-state index in [9.17, 15) is 24.5 Å². The molecule has 0 aliphatic carbocycles. The van der Waals surface area contributed by atoms with Crippen LogP contribution in [0.2, 0.25) is 0 Å².